The SMILES string of the molecule is Cc1nc(Oc2ccc(C(=O)O)cc2F)ccc1CN1CCC(N2C(=O)OCC2c2ccccc2)CC1. The van der Waals surface area contributed by atoms with Crippen LogP contribution in [0, 0.1) is 12.7 Å². The number of aromatic carboxylic acids is 1. The number of cyclic esters (lactones) is 1. The second-order valence-corrected chi connectivity index (χ2v) is 9.36. The van der Waals surface area contributed by atoms with Crippen LogP contribution >= 0.6 is 0 Å². The van der Waals surface area contributed by atoms with Gasteiger partial charge >= 0.3 is 12.1 Å². The Bertz CT molecular complexity index is 1290. The molecule has 1 aromatic heterocycles. The molecule has 0 radical (unpaired) electrons. The number of ether oxygens (including phenoxy) is 2. The normalized spacial score (nSPS) is 18.6. The third-order valence-corrected chi connectivity index (χ3v) is 7.00. The number of piperidine rings is 1. The molecule has 2 fully saturated rings. The summed E-state index contributed by atoms with van der Waals surface area (Å²) in [6, 6.07) is 17.2. The van der Waals surface area contributed by atoms with Gasteiger partial charge in [0.05, 0.1) is 11.6 Å². The highest BCUT2D eigenvalue weighted by Gasteiger charge is 2.40. The van der Waals surface area contributed by atoms with Crippen LogP contribution in [0.5, 0.6) is 11.6 Å². The van der Waals surface area contributed by atoms with Crippen molar-refractivity contribution in [2.45, 2.75) is 38.4 Å². The summed E-state index contributed by atoms with van der Waals surface area (Å²) in [4.78, 5) is 32.2. The van der Waals surface area contributed by atoms with E-state index in [0.29, 0.717) is 13.2 Å². The maximum absolute atomic E-state index is 14.2. The molecule has 3 aromatic rings. The maximum atomic E-state index is 14.2. The number of benzene rings is 2. The van der Waals surface area contributed by atoms with Crippen LogP contribution in [0.3, 0.4) is 0 Å². The Morgan fingerprint density at radius 2 is 1.89 bits per heavy atom. The lowest BCUT2D eigenvalue weighted by Gasteiger charge is -2.38. The highest BCUT2D eigenvalue weighted by atomic mass is 19.1. The lowest BCUT2D eigenvalue weighted by atomic mass is 9.98. The van der Waals surface area contributed by atoms with Gasteiger partial charge in [0, 0.05) is 37.4 Å². The first kappa shape index (κ1) is 24.7. The van der Waals surface area contributed by atoms with Gasteiger partial charge in [-0.2, -0.15) is 0 Å². The molecule has 5 rings (SSSR count). The fraction of sp³-hybridized carbons (Fsp3) is 0.321. The monoisotopic (exact) mass is 505 g/mol. The number of hydrogen-bond donors (Lipinski definition) is 1. The number of halogens is 1. The first-order chi connectivity index (χ1) is 17.9. The molecule has 0 bridgehead atoms. The molecule has 0 saturated carbocycles. The highest BCUT2D eigenvalue weighted by Crippen LogP contribution is 2.33. The number of carbonyl (C=O) groups is 2. The van der Waals surface area contributed by atoms with E-state index in [2.05, 4.69) is 9.88 Å². The van der Waals surface area contributed by atoms with Crippen molar-refractivity contribution in [3.05, 3.63) is 88.9 Å². The van der Waals surface area contributed by atoms with Gasteiger partial charge in [0.1, 0.15) is 6.61 Å². The molecule has 2 aliphatic heterocycles. The summed E-state index contributed by atoms with van der Waals surface area (Å²) in [7, 11) is 0. The van der Waals surface area contributed by atoms with Crippen LogP contribution in [-0.2, 0) is 11.3 Å². The zero-order valence-electron chi connectivity index (χ0n) is 20.5. The molecule has 2 aromatic carbocycles. The number of likely N-dealkylation sites (tertiary alicyclic amines) is 1. The molecule has 2 aliphatic rings. The number of aryl methyl sites for hydroxylation is 1. The average molecular weight is 506 g/mol. The maximum Gasteiger partial charge on any atom is 0.410 e. The first-order valence-electron chi connectivity index (χ1n) is 12.3. The van der Waals surface area contributed by atoms with Gasteiger partial charge in [0.15, 0.2) is 11.6 Å². The molecular formula is C28H28FN3O5. The van der Waals surface area contributed by atoms with Crippen molar-refractivity contribution < 1.29 is 28.6 Å². The van der Waals surface area contributed by atoms with E-state index in [4.69, 9.17) is 14.6 Å². The zero-order valence-corrected chi connectivity index (χ0v) is 20.5. The Labute approximate surface area is 214 Å². The molecule has 8 nitrogen and oxygen atoms in total. The van der Waals surface area contributed by atoms with Crippen LogP contribution < -0.4 is 4.74 Å². The number of nitrogens with zero attached hydrogens (tertiary/aromatic N) is 3. The molecule has 1 unspecified atom stereocenters. The summed E-state index contributed by atoms with van der Waals surface area (Å²) in [6.07, 6.45) is 1.48. The number of pyridine rings is 1. The smallest absolute Gasteiger partial charge is 0.410 e. The van der Waals surface area contributed by atoms with E-state index in [1.54, 1.807) is 6.07 Å². The number of rotatable bonds is 7. The third-order valence-electron chi connectivity index (χ3n) is 7.00. The lowest BCUT2D eigenvalue weighted by molar-refractivity contribution is 0.0696. The molecule has 37 heavy (non-hydrogen) atoms. The topological polar surface area (TPSA) is 92.2 Å². The predicted molar refractivity (Wildman–Crippen MR) is 133 cm³/mol. The largest absolute Gasteiger partial charge is 0.478 e. The standard InChI is InChI=1S/C28H28FN3O5/c1-18-21(8-10-26(30-18)37-25-9-7-20(27(33)34)15-23(25)29)16-31-13-11-22(12-14-31)32-24(17-36-28(32)35)19-5-3-2-4-6-19/h2-10,15,22,24H,11-14,16-17H2,1H3,(H,33,34). The minimum Gasteiger partial charge on any atom is -0.478 e. The third kappa shape index (κ3) is 5.41. The molecule has 1 amide bonds. The number of amides is 1. The van der Waals surface area contributed by atoms with Crippen LogP contribution in [0.15, 0.2) is 60.7 Å². The van der Waals surface area contributed by atoms with E-state index in [9.17, 15) is 14.0 Å². The Kier molecular flexibility index (Phi) is 7.05. The minimum atomic E-state index is -1.20. The number of aromatic nitrogens is 1. The summed E-state index contributed by atoms with van der Waals surface area (Å²) in [5.41, 5.74) is 2.76. The van der Waals surface area contributed by atoms with Crippen LogP contribution in [0.2, 0.25) is 0 Å². The van der Waals surface area contributed by atoms with Crippen molar-refractivity contribution in [3.8, 4) is 11.6 Å². The van der Waals surface area contributed by atoms with Crippen molar-refractivity contribution in [3.63, 3.8) is 0 Å². The predicted octanol–water partition coefficient (Wildman–Crippen LogP) is 5.18. The molecule has 2 saturated heterocycles. The second-order valence-electron chi connectivity index (χ2n) is 9.36. The number of carboxylic acid groups (broad SMARTS) is 1. The fourth-order valence-electron chi connectivity index (χ4n) is 4.98. The van der Waals surface area contributed by atoms with Crippen molar-refractivity contribution in [2.75, 3.05) is 19.7 Å². The van der Waals surface area contributed by atoms with Crippen molar-refractivity contribution in [1.82, 2.24) is 14.8 Å². The van der Waals surface area contributed by atoms with Gasteiger partial charge in [0.2, 0.25) is 5.88 Å². The fourth-order valence-corrected chi connectivity index (χ4v) is 4.98. The lowest BCUT2D eigenvalue weighted by Crippen LogP contribution is -2.46. The van der Waals surface area contributed by atoms with E-state index in [-0.39, 0.29) is 35.4 Å². The van der Waals surface area contributed by atoms with Crippen LogP contribution in [0.4, 0.5) is 9.18 Å². The number of hydrogen-bond acceptors (Lipinski definition) is 6. The average Bonchev–Trinajstić information content (AvgIpc) is 3.29. The van der Waals surface area contributed by atoms with Gasteiger partial charge in [-0.1, -0.05) is 36.4 Å². The number of carboxylic acids is 1. The quantitative estimate of drug-likeness (QED) is 0.473. The Morgan fingerprint density at radius 3 is 2.57 bits per heavy atom. The van der Waals surface area contributed by atoms with Crippen molar-refractivity contribution >= 4 is 12.1 Å². The van der Waals surface area contributed by atoms with Gasteiger partial charge in [-0.05, 0) is 49.1 Å². The van der Waals surface area contributed by atoms with Gasteiger partial charge in [-0.3, -0.25) is 9.80 Å². The molecule has 1 N–H and O–H groups in total. The van der Waals surface area contributed by atoms with Crippen LogP contribution in [0.1, 0.15) is 46.1 Å². The van der Waals surface area contributed by atoms with E-state index in [1.165, 1.54) is 12.1 Å². The summed E-state index contributed by atoms with van der Waals surface area (Å²) in [6.45, 7) is 4.66. The highest BCUT2D eigenvalue weighted by molar-refractivity contribution is 5.87. The van der Waals surface area contributed by atoms with Crippen molar-refractivity contribution in [2.24, 2.45) is 0 Å². The van der Waals surface area contributed by atoms with E-state index in [0.717, 1.165) is 48.8 Å². The molecule has 1 atom stereocenters. The molecule has 3 heterocycles. The van der Waals surface area contributed by atoms with E-state index in [1.807, 2.05) is 48.2 Å². The first-order valence-corrected chi connectivity index (χ1v) is 12.3. The van der Waals surface area contributed by atoms with E-state index < -0.39 is 11.8 Å². The Balaban J connectivity index is 1.19. The summed E-state index contributed by atoms with van der Waals surface area (Å²) in [5, 5.41) is 8.98. The van der Waals surface area contributed by atoms with E-state index >= 15 is 0 Å². The molecule has 192 valence electrons. The van der Waals surface area contributed by atoms with Gasteiger partial charge in [0.25, 0.3) is 0 Å². The molecule has 0 aliphatic carbocycles. The summed E-state index contributed by atoms with van der Waals surface area (Å²) in [5.74, 6) is -1.81. The second kappa shape index (κ2) is 10.6. The van der Waals surface area contributed by atoms with Crippen LogP contribution in [-0.4, -0.2) is 57.7 Å². The Hall–Kier alpha value is -3.98. The molecule has 0 spiro atoms. The Morgan fingerprint density at radius 1 is 1.14 bits per heavy atom. The zero-order chi connectivity index (χ0) is 25.9. The van der Waals surface area contributed by atoms with Crippen molar-refractivity contribution in [1.29, 1.82) is 0 Å². The van der Waals surface area contributed by atoms with Gasteiger partial charge in [-0.15, -0.1) is 0 Å². The summed E-state index contributed by atoms with van der Waals surface area (Å²) >= 11 is 0. The van der Waals surface area contributed by atoms with Crippen LogP contribution in [0.25, 0.3) is 0 Å². The van der Waals surface area contributed by atoms with Gasteiger partial charge in [-0.25, -0.2) is 19.0 Å². The number of carbonyl (C=O) groups excluding carboxylic acids is 1. The summed E-state index contributed by atoms with van der Waals surface area (Å²) < 4.78 is 25.2. The molecular weight excluding hydrogens is 477 g/mol. The van der Waals surface area contributed by atoms with Gasteiger partial charge < -0.3 is 14.6 Å². The minimum absolute atomic E-state index is 0.0468. The molecule has 9 heteroatoms.